The summed E-state index contributed by atoms with van der Waals surface area (Å²) in [4.78, 5) is 2.07. The Hall–Kier alpha value is -0.160. The van der Waals surface area contributed by atoms with Crippen molar-refractivity contribution in [2.45, 2.75) is 57.9 Å². The first kappa shape index (κ1) is 17.8. The molecule has 0 aromatic carbocycles. The molecule has 0 saturated carbocycles. The molecule has 0 unspecified atom stereocenters. The normalized spacial score (nSPS) is 12.3. The second-order valence-corrected chi connectivity index (χ2v) is 5.10. The third-order valence-electron chi connectivity index (χ3n) is 3.62. The number of rotatable bonds is 12. The fraction of sp³-hybridized carbons (Fsp3) is 1.00. The molecule has 0 aliphatic carbocycles. The Labute approximate surface area is 112 Å². The smallest absolute Gasteiger partial charge is 0.0906 e. The van der Waals surface area contributed by atoms with Crippen molar-refractivity contribution in [2.24, 2.45) is 0 Å². The quantitative estimate of drug-likeness (QED) is 0.465. The highest BCUT2D eigenvalue weighted by atomic mass is 16.3. The minimum absolute atomic E-state index is 0.196. The first-order chi connectivity index (χ1) is 8.70. The van der Waals surface area contributed by atoms with E-state index in [0.717, 1.165) is 51.6 Å². The fourth-order valence-corrected chi connectivity index (χ4v) is 2.14. The van der Waals surface area contributed by atoms with Crippen LogP contribution in [0.15, 0.2) is 0 Å². The van der Waals surface area contributed by atoms with E-state index in [2.05, 4.69) is 18.7 Å². The van der Waals surface area contributed by atoms with Gasteiger partial charge in [-0.25, -0.2) is 0 Å². The van der Waals surface area contributed by atoms with Gasteiger partial charge in [0.1, 0.15) is 0 Å². The average molecular weight is 261 g/mol. The summed E-state index contributed by atoms with van der Waals surface area (Å²) in [6.07, 6.45) is 6.67. The highest BCUT2D eigenvalue weighted by molar-refractivity contribution is 4.89. The zero-order valence-electron chi connectivity index (χ0n) is 12.1. The van der Waals surface area contributed by atoms with Crippen molar-refractivity contribution in [1.82, 2.24) is 4.90 Å². The van der Waals surface area contributed by atoms with E-state index < -0.39 is 5.54 Å². The molecule has 0 saturated heterocycles. The van der Waals surface area contributed by atoms with Crippen LogP contribution in [0.2, 0.25) is 0 Å². The summed E-state index contributed by atoms with van der Waals surface area (Å²) in [6.45, 7) is 5.38. The topological polar surface area (TPSA) is 63.9 Å². The predicted octanol–water partition coefficient (Wildman–Crippen LogP) is 1.38. The van der Waals surface area contributed by atoms with Gasteiger partial charge in [-0.15, -0.1) is 0 Å². The molecule has 0 bridgehead atoms. The van der Waals surface area contributed by atoms with Crippen LogP contribution in [0.25, 0.3) is 0 Å². The molecule has 0 rings (SSSR count). The summed E-state index contributed by atoms with van der Waals surface area (Å²) in [5.41, 5.74) is -0.860. The molecular formula is C14H31NO3. The molecule has 4 heteroatoms. The van der Waals surface area contributed by atoms with Gasteiger partial charge in [0.05, 0.1) is 25.4 Å². The number of aliphatic hydroxyl groups is 3. The van der Waals surface area contributed by atoms with Gasteiger partial charge < -0.3 is 15.3 Å². The van der Waals surface area contributed by atoms with Crippen LogP contribution in [0, 0.1) is 0 Å². The van der Waals surface area contributed by atoms with E-state index in [1.54, 1.807) is 0 Å². The lowest BCUT2D eigenvalue weighted by Crippen LogP contribution is -2.57. The van der Waals surface area contributed by atoms with Crippen LogP contribution >= 0.6 is 0 Å². The molecule has 0 aromatic heterocycles. The van der Waals surface area contributed by atoms with E-state index in [1.165, 1.54) is 0 Å². The van der Waals surface area contributed by atoms with Crippen molar-refractivity contribution in [3.05, 3.63) is 0 Å². The summed E-state index contributed by atoms with van der Waals surface area (Å²) >= 11 is 0. The maximum atomic E-state index is 9.50. The van der Waals surface area contributed by atoms with Crippen molar-refractivity contribution in [3.8, 4) is 0 Å². The molecule has 110 valence electrons. The maximum absolute atomic E-state index is 9.50. The van der Waals surface area contributed by atoms with Gasteiger partial charge in [0.2, 0.25) is 0 Å². The molecule has 3 N–H and O–H groups in total. The van der Waals surface area contributed by atoms with Crippen LogP contribution in [0.1, 0.15) is 52.4 Å². The van der Waals surface area contributed by atoms with Gasteiger partial charge in [-0.3, -0.25) is 4.90 Å². The minimum Gasteiger partial charge on any atom is -0.394 e. The molecule has 0 aromatic rings. The molecule has 18 heavy (non-hydrogen) atoms. The van der Waals surface area contributed by atoms with Crippen molar-refractivity contribution in [1.29, 1.82) is 0 Å². The van der Waals surface area contributed by atoms with Crippen molar-refractivity contribution >= 4 is 0 Å². The largest absolute Gasteiger partial charge is 0.394 e. The summed E-state index contributed by atoms with van der Waals surface area (Å²) in [6, 6.07) is 0. The molecule has 0 radical (unpaired) electrons. The van der Waals surface area contributed by atoms with E-state index in [9.17, 15) is 15.3 Å². The first-order valence-electron chi connectivity index (χ1n) is 7.28. The van der Waals surface area contributed by atoms with Gasteiger partial charge in [0.25, 0.3) is 0 Å². The second kappa shape index (κ2) is 10.7. The minimum atomic E-state index is -0.860. The standard InChI is InChI=1S/C14H31NO3/c1-3-5-7-9-15(10-8-6-4-2)14(11-16,12-17)13-18/h16-18H,3-13H2,1-2H3. The van der Waals surface area contributed by atoms with Crippen LogP contribution in [0.4, 0.5) is 0 Å². The van der Waals surface area contributed by atoms with E-state index in [0.29, 0.717) is 0 Å². The van der Waals surface area contributed by atoms with Gasteiger partial charge in [-0.1, -0.05) is 39.5 Å². The van der Waals surface area contributed by atoms with Crippen molar-refractivity contribution in [2.75, 3.05) is 32.9 Å². The fourth-order valence-electron chi connectivity index (χ4n) is 2.14. The molecule has 0 fully saturated rings. The lowest BCUT2D eigenvalue weighted by molar-refractivity contribution is -0.0490. The Bertz CT molecular complexity index is 166. The van der Waals surface area contributed by atoms with Gasteiger partial charge in [-0.2, -0.15) is 0 Å². The summed E-state index contributed by atoms with van der Waals surface area (Å²) in [5, 5.41) is 28.5. The summed E-state index contributed by atoms with van der Waals surface area (Å²) in [7, 11) is 0. The van der Waals surface area contributed by atoms with E-state index >= 15 is 0 Å². The first-order valence-corrected chi connectivity index (χ1v) is 7.28. The number of aliphatic hydroxyl groups excluding tert-OH is 3. The van der Waals surface area contributed by atoms with E-state index in [4.69, 9.17) is 0 Å². The number of nitrogens with zero attached hydrogens (tertiary/aromatic N) is 1. The highest BCUT2D eigenvalue weighted by Crippen LogP contribution is 2.17. The number of hydrogen-bond acceptors (Lipinski definition) is 4. The van der Waals surface area contributed by atoms with E-state index in [1.807, 2.05) is 0 Å². The van der Waals surface area contributed by atoms with Crippen molar-refractivity contribution < 1.29 is 15.3 Å². The van der Waals surface area contributed by atoms with Crippen LogP contribution in [-0.2, 0) is 0 Å². The second-order valence-electron chi connectivity index (χ2n) is 5.10. The van der Waals surface area contributed by atoms with Gasteiger partial charge in [0, 0.05) is 0 Å². The summed E-state index contributed by atoms with van der Waals surface area (Å²) in [5.74, 6) is 0. The molecule has 0 atom stereocenters. The molecule has 0 heterocycles. The SMILES string of the molecule is CCCCCN(CCCCC)C(CO)(CO)CO. The number of hydrogen-bond donors (Lipinski definition) is 3. The molecule has 0 spiro atoms. The lowest BCUT2D eigenvalue weighted by atomic mass is 9.99. The Morgan fingerprint density at radius 1 is 0.722 bits per heavy atom. The molecule has 0 aliphatic heterocycles. The zero-order valence-corrected chi connectivity index (χ0v) is 12.1. The van der Waals surface area contributed by atoms with Crippen LogP contribution in [0.3, 0.4) is 0 Å². The van der Waals surface area contributed by atoms with E-state index in [-0.39, 0.29) is 19.8 Å². The monoisotopic (exact) mass is 261 g/mol. The molecule has 0 amide bonds. The molecular weight excluding hydrogens is 230 g/mol. The Kier molecular flexibility index (Phi) is 10.6. The Morgan fingerprint density at radius 2 is 1.11 bits per heavy atom. The summed E-state index contributed by atoms with van der Waals surface area (Å²) < 4.78 is 0. The molecule has 4 nitrogen and oxygen atoms in total. The van der Waals surface area contributed by atoms with Crippen LogP contribution in [0.5, 0.6) is 0 Å². The Morgan fingerprint density at radius 3 is 1.39 bits per heavy atom. The third kappa shape index (κ3) is 5.65. The average Bonchev–Trinajstić information content (AvgIpc) is 2.41. The van der Waals surface area contributed by atoms with Gasteiger partial charge in [-0.05, 0) is 25.9 Å². The van der Waals surface area contributed by atoms with Crippen LogP contribution < -0.4 is 0 Å². The maximum Gasteiger partial charge on any atom is 0.0906 e. The van der Waals surface area contributed by atoms with Crippen molar-refractivity contribution in [3.63, 3.8) is 0 Å². The Balaban J connectivity index is 4.48. The van der Waals surface area contributed by atoms with Gasteiger partial charge >= 0.3 is 0 Å². The lowest BCUT2D eigenvalue weighted by Gasteiger charge is -2.40. The zero-order chi connectivity index (χ0) is 13.9. The highest BCUT2D eigenvalue weighted by Gasteiger charge is 2.34. The van der Waals surface area contributed by atoms with Crippen LogP contribution in [-0.4, -0.2) is 58.7 Å². The van der Waals surface area contributed by atoms with Gasteiger partial charge in [0.15, 0.2) is 0 Å². The molecule has 0 aliphatic rings. The predicted molar refractivity (Wildman–Crippen MR) is 74.6 cm³/mol. The third-order valence-corrected chi connectivity index (χ3v) is 3.62. The number of unbranched alkanes of at least 4 members (excludes halogenated alkanes) is 4.